The first kappa shape index (κ1) is 24.7. The van der Waals surface area contributed by atoms with Crippen molar-refractivity contribution in [2.45, 2.75) is 25.2 Å². The normalized spacial score (nSPS) is 11.5. The zero-order valence-corrected chi connectivity index (χ0v) is 20.0. The number of carbonyl (C=O) groups excluding carboxylic acids is 2. The van der Waals surface area contributed by atoms with Crippen molar-refractivity contribution in [1.29, 1.82) is 0 Å². The molecule has 2 N–H and O–H groups in total. The molecule has 3 rings (SSSR count). The Morgan fingerprint density at radius 3 is 2.33 bits per heavy atom. The topological polar surface area (TPSA) is 95.6 Å². The Labute approximate surface area is 198 Å². The summed E-state index contributed by atoms with van der Waals surface area (Å²) in [5.41, 5.74) is 0.828. The van der Waals surface area contributed by atoms with Crippen LogP contribution in [0.2, 0.25) is 5.02 Å². The van der Waals surface area contributed by atoms with Crippen LogP contribution >= 0.6 is 11.6 Å². The molecule has 0 radical (unpaired) electrons. The molecule has 0 saturated heterocycles. The Balaban J connectivity index is 1.60. The Bertz CT molecular complexity index is 1270. The molecule has 0 aliphatic rings. The predicted molar refractivity (Wildman–Crippen MR) is 131 cm³/mol. The highest BCUT2D eigenvalue weighted by molar-refractivity contribution is 7.89. The van der Waals surface area contributed by atoms with Gasteiger partial charge in [-0.1, -0.05) is 55.8 Å². The molecule has 0 aliphatic carbocycles. The smallest absolute Gasteiger partial charge is 0.251 e. The van der Waals surface area contributed by atoms with Gasteiger partial charge in [-0.3, -0.25) is 9.59 Å². The van der Waals surface area contributed by atoms with E-state index in [2.05, 4.69) is 10.6 Å². The van der Waals surface area contributed by atoms with Gasteiger partial charge in [-0.25, -0.2) is 8.42 Å². The Morgan fingerprint density at radius 1 is 0.939 bits per heavy atom. The van der Waals surface area contributed by atoms with Crippen LogP contribution in [0.5, 0.6) is 0 Å². The molecule has 0 aliphatic heterocycles. The lowest BCUT2D eigenvalue weighted by Crippen LogP contribution is -2.31. The highest BCUT2D eigenvalue weighted by atomic mass is 35.5. The molecule has 0 saturated carbocycles. The van der Waals surface area contributed by atoms with Gasteiger partial charge in [-0.15, -0.1) is 0 Å². The minimum Gasteiger partial charge on any atom is -0.352 e. The molecule has 0 unspecified atom stereocenters. The lowest BCUT2D eigenvalue weighted by molar-refractivity contribution is -0.116. The Kier molecular flexibility index (Phi) is 8.07. The Hall–Kier alpha value is -2.94. The van der Waals surface area contributed by atoms with Gasteiger partial charge in [0.25, 0.3) is 5.91 Å². The number of halogens is 1. The van der Waals surface area contributed by atoms with Gasteiger partial charge >= 0.3 is 0 Å². The van der Waals surface area contributed by atoms with Crippen molar-refractivity contribution < 1.29 is 18.0 Å². The van der Waals surface area contributed by atoms with Crippen molar-refractivity contribution in [2.75, 3.05) is 25.0 Å². The molecule has 0 fully saturated rings. The average molecular weight is 488 g/mol. The number of carbonyl (C=O) groups is 2. The lowest BCUT2D eigenvalue weighted by atomic mass is 10.1. The third-order valence-electron chi connectivity index (χ3n) is 5.19. The molecule has 0 aromatic heterocycles. The summed E-state index contributed by atoms with van der Waals surface area (Å²) in [7, 11) is -3.77. The van der Waals surface area contributed by atoms with Crippen molar-refractivity contribution in [3.8, 4) is 0 Å². The monoisotopic (exact) mass is 487 g/mol. The molecule has 0 atom stereocenters. The molecule has 174 valence electrons. The van der Waals surface area contributed by atoms with Gasteiger partial charge in [0.2, 0.25) is 15.9 Å². The molecule has 0 bridgehead atoms. The van der Waals surface area contributed by atoms with Crippen molar-refractivity contribution in [2.24, 2.45) is 0 Å². The van der Waals surface area contributed by atoms with E-state index in [0.29, 0.717) is 24.3 Å². The maximum atomic E-state index is 12.8. The standard InChI is InChI=1S/C24H26ClN3O4S/c1-3-28(4-2)33(31,32)22-16-20(11-12-21(22)25)27-23(29)13-14-26-24(30)19-10-9-17-7-5-6-8-18(17)15-19/h5-12,15-16H,3-4,13-14H2,1-2H3,(H,26,30)(H,27,29). The van der Waals surface area contributed by atoms with Gasteiger partial charge in [0.15, 0.2) is 0 Å². The first-order chi connectivity index (χ1) is 15.8. The second-order valence-electron chi connectivity index (χ2n) is 7.35. The first-order valence-electron chi connectivity index (χ1n) is 10.6. The number of amides is 2. The molecule has 3 aromatic carbocycles. The summed E-state index contributed by atoms with van der Waals surface area (Å²) in [6.07, 6.45) is 0.0279. The minimum atomic E-state index is -3.77. The number of benzene rings is 3. The Morgan fingerprint density at radius 2 is 1.64 bits per heavy atom. The molecule has 9 heteroatoms. The largest absolute Gasteiger partial charge is 0.352 e. The number of rotatable bonds is 9. The van der Waals surface area contributed by atoms with Crippen molar-refractivity contribution >= 4 is 49.9 Å². The third-order valence-corrected chi connectivity index (χ3v) is 7.72. The van der Waals surface area contributed by atoms with Gasteiger partial charge < -0.3 is 10.6 Å². The van der Waals surface area contributed by atoms with E-state index in [1.165, 1.54) is 22.5 Å². The first-order valence-corrected chi connectivity index (χ1v) is 12.4. The van der Waals surface area contributed by atoms with Gasteiger partial charge in [0, 0.05) is 37.3 Å². The summed E-state index contributed by atoms with van der Waals surface area (Å²) in [6.45, 7) is 4.24. The highest BCUT2D eigenvalue weighted by Crippen LogP contribution is 2.27. The van der Waals surface area contributed by atoms with E-state index in [9.17, 15) is 18.0 Å². The summed E-state index contributed by atoms with van der Waals surface area (Å²) in [6, 6.07) is 17.5. The maximum Gasteiger partial charge on any atom is 0.251 e. The fraction of sp³-hybridized carbons (Fsp3) is 0.250. The maximum absolute atomic E-state index is 12.8. The van der Waals surface area contributed by atoms with Crippen molar-refractivity contribution in [3.05, 3.63) is 71.2 Å². The zero-order valence-electron chi connectivity index (χ0n) is 18.5. The lowest BCUT2D eigenvalue weighted by Gasteiger charge is -2.19. The number of nitrogens with one attached hydrogen (secondary N) is 2. The summed E-state index contributed by atoms with van der Waals surface area (Å²) in [4.78, 5) is 24.7. The summed E-state index contributed by atoms with van der Waals surface area (Å²) in [5, 5.41) is 7.48. The van der Waals surface area contributed by atoms with E-state index >= 15 is 0 Å². The van der Waals surface area contributed by atoms with Crippen LogP contribution in [0.4, 0.5) is 5.69 Å². The van der Waals surface area contributed by atoms with Gasteiger partial charge in [-0.05, 0) is 41.1 Å². The molecular formula is C24H26ClN3O4S. The van der Waals surface area contributed by atoms with Crippen LogP contribution in [-0.4, -0.2) is 44.2 Å². The molecule has 7 nitrogen and oxygen atoms in total. The van der Waals surface area contributed by atoms with Gasteiger partial charge in [-0.2, -0.15) is 4.31 Å². The van der Waals surface area contributed by atoms with Crippen molar-refractivity contribution in [1.82, 2.24) is 9.62 Å². The number of sulfonamides is 1. The number of nitrogens with zero attached hydrogens (tertiary/aromatic N) is 1. The number of hydrogen-bond acceptors (Lipinski definition) is 4. The molecule has 2 amide bonds. The van der Waals surface area contributed by atoms with E-state index < -0.39 is 10.0 Å². The number of hydrogen-bond donors (Lipinski definition) is 2. The molecule has 0 heterocycles. The van der Waals surface area contributed by atoms with E-state index in [1.54, 1.807) is 26.0 Å². The van der Waals surface area contributed by atoms with E-state index in [4.69, 9.17) is 11.6 Å². The zero-order chi connectivity index (χ0) is 24.0. The SMILES string of the molecule is CCN(CC)S(=O)(=O)c1cc(NC(=O)CCNC(=O)c2ccc3ccccc3c2)ccc1Cl. The number of fused-ring (bicyclic) bond motifs is 1. The average Bonchev–Trinajstić information content (AvgIpc) is 2.80. The number of anilines is 1. The van der Waals surface area contributed by atoms with Crippen LogP contribution < -0.4 is 10.6 Å². The summed E-state index contributed by atoms with van der Waals surface area (Å²) < 4.78 is 26.9. The highest BCUT2D eigenvalue weighted by Gasteiger charge is 2.25. The quantitative estimate of drug-likeness (QED) is 0.471. The molecule has 0 spiro atoms. The van der Waals surface area contributed by atoms with Crippen LogP contribution in [0.25, 0.3) is 10.8 Å². The van der Waals surface area contributed by atoms with Gasteiger partial charge in [0.1, 0.15) is 4.90 Å². The van der Waals surface area contributed by atoms with Crippen LogP contribution in [0, 0.1) is 0 Å². The van der Waals surface area contributed by atoms with E-state index in [1.807, 2.05) is 30.3 Å². The van der Waals surface area contributed by atoms with E-state index in [-0.39, 0.29) is 34.7 Å². The molecular weight excluding hydrogens is 462 g/mol. The van der Waals surface area contributed by atoms with Crippen LogP contribution in [0.15, 0.2) is 65.6 Å². The van der Waals surface area contributed by atoms with Gasteiger partial charge in [0.05, 0.1) is 5.02 Å². The molecule has 3 aromatic rings. The van der Waals surface area contributed by atoms with E-state index in [0.717, 1.165) is 10.8 Å². The van der Waals surface area contributed by atoms with Crippen LogP contribution in [0.1, 0.15) is 30.6 Å². The second kappa shape index (κ2) is 10.8. The predicted octanol–water partition coefficient (Wildman–Crippen LogP) is 4.28. The fourth-order valence-corrected chi connectivity index (χ4v) is 5.39. The van der Waals surface area contributed by atoms with Crippen molar-refractivity contribution in [3.63, 3.8) is 0 Å². The summed E-state index contributed by atoms with van der Waals surface area (Å²) in [5.74, 6) is -0.630. The summed E-state index contributed by atoms with van der Waals surface area (Å²) >= 11 is 6.12. The van der Waals surface area contributed by atoms with Crippen LogP contribution in [-0.2, 0) is 14.8 Å². The minimum absolute atomic E-state index is 0.0279. The second-order valence-corrected chi connectivity index (χ2v) is 9.66. The van der Waals surface area contributed by atoms with Crippen LogP contribution in [0.3, 0.4) is 0 Å². The molecule has 33 heavy (non-hydrogen) atoms. The fourth-order valence-electron chi connectivity index (χ4n) is 3.43. The third kappa shape index (κ3) is 5.90.